The maximum Gasteiger partial charge on any atom is 0.232 e. The number of carbonyl (C=O) groups is 1. The lowest BCUT2D eigenvalue weighted by Crippen LogP contribution is -2.55. The van der Waals surface area contributed by atoms with Crippen molar-refractivity contribution < 1.29 is 9.32 Å². The molecule has 1 aliphatic heterocycles. The fourth-order valence-corrected chi connectivity index (χ4v) is 6.96. The molecule has 1 amide bonds. The van der Waals surface area contributed by atoms with Crippen molar-refractivity contribution in [3.8, 4) is 0 Å². The second-order valence-electron chi connectivity index (χ2n) is 8.68. The van der Waals surface area contributed by atoms with Crippen LogP contribution in [0.5, 0.6) is 0 Å². The van der Waals surface area contributed by atoms with E-state index in [0.29, 0.717) is 30.7 Å². The summed E-state index contributed by atoms with van der Waals surface area (Å²) in [5.41, 5.74) is 0.0145. The third-order valence-electron chi connectivity index (χ3n) is 6.85. The summed E-state index contributed by atoms with van der Waals surface area (Å²) in [4.78, 5) is 18.6. The predicted octanol–water partition coefficient (Wildman–Crippen LogP) is 3.23. The predicted molar refractivity (Wildman–Crippen MR) is 88.9 cm³/mol. The fourth-order valence-electron chi connectivity index (χ4n) is 6.27. The van der Waals surface area contributed by atoms with Gasteiger partial charge in [0.05, 0.1) is 5.92 Å². The molecule has 3 atom stereocenters. The van der Waals surface area contributed by atoms with Gasteiger partial charge in [0.25, 0.3) is 0 Å². The summed E-state index contributed by atoms with van der Waals surface area (Å²) in [5, 5.41) is 4.38. The smallest absolute Gasteiger partial charge is 0.232 e. The number of rotatable bonds is 3. The highest BCUT2D eigenvalue weighted by molar-refractivity contribution is 6.24. The molecule has 4 saturated carbocycles. The lowest BCUT2D eigenvalue weighted by molar-refractivity contribution is -0.127. The Kier molecular flexibility index (Phi) is 3.14. The molecule has 6 rings (SSSR count). The van der Waals surface area contributed by atoms with E-state index in [2.05, 4.69) is 5.16 Å². The van der Waals surface area contributed by atoms with E-state index in [1.165, 1.54) is 6.42 Å². The van der Waals surface area contributed by atoms with E-state index >= 15 is 0 Å². The lowest BCUT2D eigenvalue weighted by atomic mass is 9.49. The van der Waals surface area contributed by atoms with Gasteiger partial charge in [0.15, 0.2) is 5.82 Å². The minimum absolute atomic E-state index is 0.0145. The standard InChI is InChI=1S/C18H24ClN3O2/c1-2-22-9-13(4-14(22)23)15-20-16(21-24-15)17-5-11-3-12(6-17)8-18(19,7-11)10-17/h11-13H,2-10H2,1H3. The highest BCUT2D eigenvalue weighted by Gasteiger charge is 2.59. The topological polar surface area (TPSA) is 59.2 Å². The van der Waals surface area contributed by atoms with Gasteiger partial charge in [-0.25, -0.2) is 0 Å². The summed E-state index contributed by atoms with van der Waals surface area (Å²) in [6, 6.07) is 0. The largest absolute Gasteiger partial charge is 0.342 e. The van der Waals surface area contributed by atoms with Crippen LogP contribution >= 0.6 is 11.6 Å². The van der Waals surface area contributed by atoms with Crippen molar-refractivity contribution in [1.29, 1.82) is 0 Å². The maximum atomic E-state index is 12.0. The number of hydrogen-bond donors (Lipinski definition) is 0. The van der Waals surface area contributed by atoms with Crippen molar-refractivity contribution in [3.05, 3.63) is 11.7 Å². The normalized spacial score (nSPS) is 43.8. The molecule has 24 heavy (non-hydrogen) atoms. The number of amides is 1. The quantitative estimate of drug-likeness (QED) is 0.786. The van der Waals surface area contributed by atoms with E-state index < -0.39 is 0 Å². The van der Waals surface area contributed by atoms with Crippen molar-refractivity contribution in [2.45, 2.75) is 68.1 Å². The number of alkyl halides is 1. The minimum atomic E-state index is -0.0484. The van der Waals surface area contributed by atoms with Gasteiger partial charge in [-0.3, -0.25) is 4.79 Å². The van der Waals surface area contributed by atoms with E-state index in [0.717, 1.165) is 44.5 Å². The molecule has 1 aromatic heterocycles. The van der Waals surface area contributed by atoms with Crippen LogP contribution in [0.4, 0.5) is 0 Å². The van der Waals surface area contributed by atoms with Gasteiger partial charge < -0.3 is 9.42 Å². The average Bonchev–Trinajstić information content (AvgIpc) is 3.11. The zero-order chi connectivity index (χ0) is 16.5. The van der Waals surface area contributed by atoms with Crippen molar-refractivity contribution in [1.82, 2.24) is 15.0 Å². The van der Waals surface area contributed by atoms with Crippen LogP contribution < -0.4 is 0 Å². The van der Waals surface area contributed by atoms with E-state index in [1.54, 1.807) is 0 Å². The molecule has 0 aromatic carbocycles. The molecule has 130 valence electrons. The zero-order valence-electron chi connectivity index (χ0n) is 14.1. The molecule has 5 aliphatic rings. The number of aromatic nitrogens is 2. The first-order valence-corrected chi connectivity index (χ1v) is 9.67. The van der Waals surface area contributed by atoms with Gasteiger partial charge in [-0.05, 0) is 57.3 Å². The number of halogens is 1. The van der Waals surface area contributed by atoms with Gasteiger partial charge >= 0.3 is 0 Å². The third-order valence-corrected chi connectivity index (χ3v) is 7.29. The van der Waals surface area contributed by atoms with Crippen LogP contribution in [0, 0.1) is 11.8 Å². The molecule has 5 fully saturated rings. The van der Waals surface area contributed by atoms with Gasteiger partial charge in [-0.15, -0.1) is 11.6 Å². The highest BCUT2D eigenvalue weighted by Crippen LogP contribution is 2.63. The Balaban J connectivity index is 1.43. The first-order valence-electron chi connectivity index (χ1n) is 9.29. The van der Waals surface area contributed by atoms with Crippen LogP contribution in [0.25, 0.3) is 0 Å². The van der Waals surface area contributed by atoms with E-state index in [-0.39, 0.29) is 22.1 Å². The van der Waals surface area contributed by atoms with E-state index in [1.807, 2.05) is 11.8 Å². The van der Waals surface area contributed by atoms with Gasteiger partial charge in [-0.2, -0.15) is 4.98 Å². The van der Waals surface area contributed by atoms with Crippen molar-refractivity contribution >= 4 is 17.5 Å². The summed E-state index contributed by atoms with van der Waals surface area (Å²) in [6.07, 6.45) is 7.42. The van der Waals surface area contributed by atoms with Crippen LogP contribution in [0.2, 0.25) is 0 Å². The zero-order valence-corrected chi connectivity index (χ0v) is 14.9. The van der Waals surface area contributed by atoms with Gasteiger partial charge in [0, 0.05) is 29.8 Å². The molecule has 0 N–H and O–H groups in total. The second kappa shape index (κ2) is 4.96. The molecule has 4 bridgehead atoms. The van der Waals surface area contributed by atoms with E-state index in [4.69, 9.17) is 21.1 Å². The molecule has 0 radical (unpaired) electrons. The Morgan fingerprint density at radius 2 is 2.04 bits per heavy atom. The Morgan fingerprint density at radius 1 is 1.29 bits per heavy atom. The van der Waals surface area contributed by atoms with Crippen molar-refractivity contribution in [2.24, 2.45) is 11.8 Å². The maximum absolute atomic E-state index is 12.0. The molecule has 0 spiro atoms. The Labute approximate surface area is 147 Å². The molecule has 1 aromatic rings. The number of hydrogen-bond acceptors (Lipinski definition) is 4. The Morgan fingerprint density at radius 3 is 2.67 bits per heavy atom. The molecule has 4 aliphatic carbocycles. The Hall–Kier alpha value is -1.10. The van der Waals surface area contributed by atoms with Crippen molar-refractivity contribution in [3.63, 3.8) is 0 Å². The highest BCUT2D eigenvalue weighted by atomic mass is 35.5. The van der Waals surface area contributed by atoms with Gasteiger partial charge in [0.2, 0.25) is 11.8 Å². The number of likely N-dealkylation sites (tertiary alicyclic amines) is 1. The molecule has 1 saturated heterocycles. The number of carbonyl (C=O) groups excluding carboxylic acids is 1. The Bertz CT molecular complexity index is 674. The molecule has 5 nitrogen and oxygen atoms in total. The SMILES string of the molecule is CCN1CC(c2nc(C34CC5CC(CC(Cl)(C5)C3)C4)no2)CC1=O. The van der Waals surface area contributed by atoms with Crippen LogP contribution in [0.3, 0.4) is 0 Å². The summed E-state index contributed by atoms with van der Waals surface area (Å²) in [7, 11) is 0. The minimum Gasteiger partial charge on any atom is -0.342 e. The number of likely N-dealkylation sites (N-methyl/N-ethyl adjacent to an activating group) is 1. The van der Waals surface area contributed by atoms with Crippen LogP contribution in [-0.2, 0) is 10.2 Å². The van der Waals surface area contributed by atoms with Crippen LogP contribution in [0.1, 0.15) is 69.5 Å². The second-order valence-corrected chi connectivity index (χ2v) is 9.48. The summed E-state index contributed by atoms with van der Waals surface area (Å²) in [5.74, 6) is 3.19. The summed E-state index contributed by atoms with van der Waals surface area (Å²) < 4.78 is 5.63. The first kappa shape index (κ1) is 15.2. The van der Waals surface area contributed by atoms with Gasteiger partial charge in [-0.1, -0.05) is 5.16 Å². The molecule has 2 heterocycles. The third kappa shape index (κ3) is 2.16. The van der Waals surface area contributed by atoms with E-state index in [9.17, 15) is 4.79 Å². The number of nitrogens with zero attached hydrogens (tertiary/aromatic N) is 3. The average molecular weight is 350 g/mol. The summed E-state index contributed by atoms with van der Waals surface area (Å²) in [6.45, 7) is 3.46. The van der Waals surface area contributed by atoms with Crippen LogP contribution in [0.15, 0.2) is 4.52 Å². The van der Waals surface area contributed by atoms with Crippen LogP contribution in [-0.4, -0.2) is 38.9 Å². The molecular weight excluding hydrogens is 326 g/mol. The first-order chi connectivity index (χ1) is 11.5. The summed E-state index contributed by atoms with van der Waals surface area (Å²) >= 11 is 6.92. The lowest BCUT2D eigenvalue weighted by Gasteiger charge is -2.58. The molecular formula is C18H24ClN3O2. The fraction of sp³-hybridized carbons (Fsp3) is 0.833. The molecule has 6 heteroatoms. The van der Waals surface area contributed by atoms with Gasteiger partial charge in [0.1, 0.15) is 0 Å². The van der Waals surface area contributed by atoms with Crippen molar-refractivity contribution in [2.75, 3.05) is 13.1 Å². The monoisotopic (exact) mass is 349 g/mol. The molecule has 3 unspecified atom stereocenters.